The first-order chi connectivity index (χ1) is 11.1. The molecular formula is C17H15Cl2N3S. The molecule has 1 N–H and O–H groups in total. The third-order valence-corrected chi connectivity index (χ3v) is 6.04. The van der Waals surface area contributed by atoms with Gasteiger partial charge in [-0.1, -0.05) is 41.5 Å². The predicted molar refractivity (Wildman–Crippen MR) is 95.4 cm³/mol. The SMILES string of the molecule is N#CC1C(=S)NC2=C(C1c1ccc(Cl)cc1Cl)N1CCC2CC1. The fourth-order valence-corrected chi connectivity index (χ4v) is 4.88. The van der Waals surface area contributed by atoms with Crippen LogP contribution in [0.15, 0.2) is 29.6 Å². The number of nitrogens with one attached hydrogen (secondary N) is 1. The topological polar surface area (TPSA) is 39.1 Å². The summed E-state index contributed by atoms with van der Waals surface area (Å²) in [7, 11) is 0. The number of halogens is 2. The van der Waals surface area contributed by atoms with Crippen molar-refractivity contribution in [2.45, 2.75) is 18.8 Å². The minimum Gasteiger partial charge on any atom is -0.373 e. The fraction of sp³-hybridized carbons (Fsp3) is 0.412. The van der Waals surface area contributed by atoms with E-state index in [0.29, 0.717) is 21.0 Å². The molecule has 3 nitrogen and oxygen atoms in total. The smallest absolute Gasteiger partial charge is 0.109 e. The van der Waals surface area contributed by atoms with Crippen LogP contribution >= 0.6 is 35.4 Å². The van der Waals surface area contributed by atoms with Crippen molar-refractivity contribution in [1.29, 1.82) is 5.26 Å². The highest BCUT2D eigenvalue weighted by atomic mass is 35.5. The van der Waals surface area contributed by atoms with Gasteiger partial charge in [-0.2, -0.15) is 5.26 Å². The van der Waals surface area contributed by atoms with Crippen LogP contribution in [0.5, 0.6) is 0 Å². The molecule has 0 spiro atoms. The Hall–Kier alpha value is -1.28. The van der Waals surface area contributed by atoms with E-state index in [0.717, 1.165) is 31.5 Å². The van der Waals surface area contributed by atoms with E-state index in [1.807, 2.05) is 12.1 Å². The summed E-state index contributed by atoms with van der Waals surface area (Å²) in [5.74, 6) is -0.000407. The molecule has 0 radical (unpaired) electrons. The Morgan fingerprint density at radius 3 is 2.65 bits per heavy atom. The lowest BCUT2D eigenvalue weighted by molar-refractivity contribution is 0.181. The summed E-state index contributed by atoms with van der Waals surface area (Å²) in [5.41, 5.74) is 3.35. The fourth-order valence-electron chi connectivity index (χ4n) is 4.05. The largest absolute Gasteiger partial charge is 0.373 e. The van der Waals surface area contributed by atoms with Crippen LogP contribution in [0, 0.1) is 23.2 Å². The third-order valence-electron chi connectivity index (χ3n) is 5.12. The molecule has 4 aliphatic heterocycles. The molecular weight excluding hydrogens is 349 g/mol. The van der Waals surface area contributed by atoms with Gasteiger partial charge in [0.05, 0.1) is 11.1 Å². The number of benzene rings is 1. The quantitative estimate of drug-likeness (QED) is 0.762. The molecule has 0 amide bonds. The van der Waals surface area contributed by atoms with Crippen molar-refractivity contribution in [1.82, 2.24) is 10.2 Å². The maximum absolute atomic E-state index is 9.71. The highest BCUT2D eigenvalue weighted by molar-refractivity contribution is 7.80. The summed E-state index contributed by atoms with van der Waals surface area (Å²) in [6, 6.07) is 7.89. The highest BCUT2D eigenvalue weighted by Crippen LogP contribution is 2.48. The molecule has 23 heavy (non-hydrogen) atoms. The van der Waals surface area contributed by atoms with Gasteiger partial charge in [0.1, 0.15) is 5.92 Å². The molecule has 4 heterocycles. The molecule has 5 rings (SSSR count). The summed E-state index contributed by atoms with van der Waals surface area (Å²) in [6.45, 7) is 2.08. The maximum Gasteiger partial charge on any atom is 0.109 e. The molecule has 118 valence electrons. The van der Waals surface area contributed by atoms with Gasteiger partial charge in [0.25, 0.3) is 0 Å². The monoisotopic (exact) mass is 363 g/mol. The minimum atomic E-state index is -0.401. The van der Waals surface area contributed by atoms with Crippen LogP contribution in [0.4, 0.5) is 0 Å². The number of nitrogens with zero attached hydrogens (tertiary/aromatic N) is 2. The number of hydrogen-bond donors (Lipinski definition) is 1. The highest BCUT2D eigenvalue weighted by Gasteiger charge is 2.45. The first-order valence-corrected chi connectivity index (χ1v) is 8.91. The lowest BCUT2D eigenvalue weighted by Crippen LogP contribution is -2.52. The number of nitriles is 1. The molecule has 1 aromatic rings. The van der Waals surface area contributed by atoms with Gasteiger partial charge in [0.15, 0.2) is 0 Å². The van der Waals surface area contributed by atoms with Gasteiger partial charge in [-0.15, -0.1) is 0 Å². The van der Waals surface area contributed by atoms with E-state index in [2.05, 4.69) is 16.3 Å². The molecule has 1 saturated heterocycles. The van der Waals surface area contributed by atoms with Crippen LogP contribution in [-0.2, 0) is 0 Å². The molecule has 2 unspecified atom stereocenters. The number of hydrogen-bond acceptors (Lipinski definition) is 3. The average molecular weight is 364 g/mol. The van der Waals surface area contributed by atoms with Crippen molar-refractivity contribution in [3.05, 3.63) is 45.2 Å². The van der Waals surface area contributed by atoms with E-state index in [4.69, 9.17) is 35.4 Å². The Morgan fingerprint density at radius 2 is 2.00 bits per heavy atom. The summed E-state index contributed by atoms with van der Waals surface area (Å²) in [6.07, 6.45) is 2.29. The second kappa shape index (κ2) is 5.66. The van der Waals surface area contributed by atoms with Crippen molar-refractivity contribution in [2.24, 2.45) is 11.8 Å². The van der Waals surface area contributed by atoms with Crippen LogP contribution in [-0.4, -0.2) is 23.0 Å². The van der Waals surface area contributed by atoms with Gasteiger partial charge < -0.3 is 10.2 Å². The zero-order chi connectivity index (χ0) is 16.1. The zero-order valence-corrected chi connectivity index (χ0v) is 14.7. The van der Waals surface area contributed by atoms with Gasteiger partial charge in [-0.3, -0.25) is 0 Å². The summed E-state index contributed by atoms with van der Waals surface area (Å²) < 4.78 is 0. The number of rotatable bonds is 1. The van der Waals surface area contributed by atoms with E-state index in [1.165, 1.54) is 11.4 Å². The van der Waals surface area contributed by atoms with Gasteiger partial charge in [0, 0.05) is 46.4 Å². The van der Waals surface area contributed by atoms with Crippen LogP contribution < -0.4 is 5.32 Å². The number of thiocarbonyl (C=S) groups is 1. The Bertz CT molecular complexity index is 760. The van der Waals surface area contributed by atoms with E-state index >= 15 is 0 Å². The Morgan fingerprint density at radius 1 is 1.26 bits per heavy atom. The van der Waals surface area contributed by atoms with Crippen molar-refractivity contribution < 1.29 is 0 Å². The van der Waals surface area contributed by atoms with Crippen molar-refractivity contribution in [3.8, 4) is 6.07 Å². The maximum atomic E-state index is 9.71. The van der Waals surface area contributed by atoms with Crippen LogP contribution in [0.3, 0.4) is 0 Å². The average Bonchev–Trinajstić information content (AvgIpc) is 2.55. The van der Waals surface area contributed by atoms with Crippen LogP contribution in [0.1, 0.15) is 24.3 Å². The zero-order valence-electron chi connectivity index (χ0n) is 12.4. The van der Waals surface area contributed by atoms with E-state index in [9.17, 15) is 5.26 Å². The standard InChI is InChI=1S/C17H15Cl2N3S/c18-10-1-2-11(13(19)7-10)14-12(8-20)17(23)21-15-9-3-5-22(6-4-9)16(14)15/h1-2,7,9,12,14H,3-6H2,(H,21,23). The second-order valence-electron chi connectivity index (χ2n) is 6.30. The van der Waals surface area contributed by atoms with E-state index < -0.39 is 5.92 Å². The molecule has 0 aromatic heterocycles. The van der Waals surface area contributed by atoms with Crippen molar-refractivity contribution in [3.63, 3.8) is 0 Å². The second-order valence-corrected chi connectivity index (χ2v) is 7.58. The number of fused-ring (bicyclic) bond motifs is 2. The Balaban J connectivity index is 1.91. The van der Waals surface area contributed by atoms with Gasteiger partial charge in [0.2, 0.25) is 0 Å². The molecule has 6 heteroatoms. The lowest BCUT2D eigenvalue weighted by atomic mass is 9.74. The van der Waals surface area contributed by atoms with E-state index in [-0.39, 0.29) is 5.92 Å². The minimum absolute atomic E-state index is 0.114. The van der Waals surface area contributed by atoms with Crippen LogP contribution in [0.25, 0.3) is 0 Å². The predicted octanol–water partition coefficient (Wildman–Crippen LogP) is 4.08. The van der Waals surface area contributed by atoms with E-state index in [1.54, 1.807) is 6.07 Å². The molecule has 2 bridgehead atoms. The third kappa shape index (κ3) is 2.34. The summed E-state index contributed by atoms with van der Waals surface area (Å²) in [5, 5.41) is 14.3. The van der Waals surface area contributed by atoms with Crippen LogP contribution in [0.2, 0.25) is 10.0 Å². The summed E-state index contributed by atoms with van der Waals surface area (Å²) >= 11 is 18.0. The summed E-state index contributed by atoms with van der Waals surface area (Å²) in [4.78, 5) is 3.00. The normalized spacial score (nSPS) is 26.8. The number of piperidine rings is 1. The first-order valence-electron chi connectivity index (χ1n) is 7.74. The van der Waals surface area contributed by atoms with Gasteiger partial charge >= 0.3 is 0 Å². The Kier molecular flexibility index (Phi) is 3.76. The van der Waals surface area contributed by atoms with Gasteiger partial charge in [-0.25, -0.2) is 0 Å². The molecule has 1 aromatic carbocycles. The molecule has 2 atom stereocenters. The number of allylic oxidation sites excluding steroid dienone is 2. The molecule has 1 fully saturated rings. The lowest BCUT2D eigenvalue weighted by Gasteiger charge is -2.50. The van der Waals surface area contributed by atoms with Crippen molar-refractivity contribution in [2.75, 3.05) is 13.1 Å². The van der Waals surface area contributed by atoms with Gasteiger partial charge in [-0.05, 0) is 30.5 Å². The Labute approximate surface area is 150 Å². The molecule has 4 aliphatic rings. The van der Waals surface area contributed by atoms with Crippen molar-refractivity contribution >= 4 is 40.4 Å². The first kappa shape index (κ1) is 15.3. The molecule has 0 saturated carbocycles. The molecule has 0 aliphatic carbocycles.